The van der Waals surface area contributed by atoms with E-state index in [4.69, 9.17) is 28.4 Å². The summed E-state index contributed by atoms with van der Waals surface area (Å²) >= 11 is 0. The summed E-state index contributed by atoms with van der Waals surface area (Å²) in [6, 6.07) is 12.8. The van der Waals surface area contributed by atoms with Crippen LogP contribution in [0.5, 0.6) is 11.5 Å². The number of carbonyl (C=O) groups excluding carboxylic acids is 2. The van der Waals surface area contributed by atoms with Crippen molar-refractivity contribution in [2.24, 2.45) is 11.3 Å². The first kappa shape index (κ1) is 36.8. The van der Waals surface area contributed by atoms with E-state index in [1.807, 2.05) is 44.2 Å². The topological polar surface area (TPSA) is 171 Å². The van der Waals surface area contributed by atoms with Gasteiger partial charge in [-0.15, -0.1) is 0 Å². The summed E-state index contributed by atoms with van der Waals surface area (Å²) in [5, 5.41) is 17.4. The van der Waals surface area contributed by atoms with Crippen molar-refractivity contribution >= 4 is 22.0 Å². The van der Waals surface area contributed by atoms with Gasteiger partial charge >= 0.3 is 6.09 Å². The molecule has 5 rings (SSSR count). The highest BCUT2D eigenvalue weighted by Gasteiger charge is 2.44. The number of fused-ring (bicyclic) bond motifs is 2. The third kappa shape index (κ3) is 9.83. The largest absolute Gasteiger partial charge is 0.454 e. The lowest BCUT2D eigenvalue weighted by Crippen LogP contribution is -2.52. The average Bonchev–Trinajstić information content (AvgIpc) is 3.82. The van der Waals surface area contributed by atoms with Gasteiger partial charge in [-0.05, 0) is 48.8 Å². The highest BCUT2D eigenvalue weighted by Crippen LogP contribution is 2.36. The molecule has 0 aromatic heterocycles. The molecule has 3 N–H and O–H groups in total. The number of aliphatic hydroxyl groups is 1. The second kappa shape index (κ2) is 16.5. The molecule has 0 aliphatic carbocycles. The van der Waals surface area contributed by atoms with Gasteiger partial charge < -0.3 is 44.2 Å². The van der Waals surface area contributed by atoms with Gasteiger partial charge in [0.1, 0.15) is 12.7 Å². The van der Waals surface area contributed by atoms with Gasteiger partial charge in [0.05, 0.1) is 36.2 Å². The second-order valence-corrected chi connectivity index (χ2v) is 15.3. The Morgan fingerprint density at radius 1 is 1.10 bits per heavy atom. The first-order chi connectivity index (χ1) is 23.4. The minimum atomic E-state index is -4.19. The van der Waals surface area contributed by atoms with E-state index < -0.39 is 46.1 Å². The van der Waals surface area contributed by atoms with Gasteiger partial charge in [-0.25, -0.2) is 13.2 Å². The summed E-state index contributed by atoms with van der Waals surface area (Å²) < 4.78 is 62.4. The molecular formula is C34H47N3O11S. The van der Waals surface area contributed by atoms with Crippen molar-refractivity contribution < 1.29 is 51.5 Å². The molecule has 0 saturated carbocycles. The summed E-state index contributed by atoms with van der Waals surface area (Å²) in [5.41, 5.74) is 0.264. The Morgan fingerprint density at radius 2 is 1.88 bits per heavy atom. The number of hydrogen-bond acceptors (Lipinski definition) is 11. The average molecular weight is 706 g/mol. The molecule has 3 aliphatic heterocycles. The quantitative estimate of drug-likeness (QED) is 0.207. The Balaban J connectivity index is 1.34. The van der Waals surface area contributed by atoms with Crippen molar-refractivity contribution in [2.75, 3.05) is 53.4 Å². The Hall–Kier alpha value is -3.47. The standard InChI is InChI=1S/C34H47N3O11S/c1-34(2,13-7-14-35-31(39)20-43-3)21-37(49(41,42)24-10-11-28-29(17-24)47-22-46-28)18-27(38)26(16-23-8-5-4-6-9-23)36-33(40)48-30-19-45-32-25(30)12-15-44-32/h4-6,8-11,17,25-27,30,32,38H,7,12-16,18-22H2,1-3H3,(H,35,39)(H,36,40)/t25-,26-,27+,30-,32+/m0/s1. The third-order valence-electron chi connectivity index (χ3n) is 8.91. The summed E-state index contributed by atoms with van der Waals surface area (Å²) in [7, 11) is -2.74. The number of rotatable bonds is 17. The van der Waals surface area contributed by atoms with Gasteiger partial charge in [0.2, 0.25) is 22.7 Å². The Morgan fingerprint density at radius 3 is 2.65 bits per heavy atom. The Labute approximate surface area is 287 Å². The van der Waals surface area contributed by atoms with Crippen LogP contribution in [0.4, 0.5) is 4.79 Å². The van der Waals surface area contributed by atoms with Crippen molar-refractivity contribution in [1.29, 1.82) is 0 Å². The van der Waals surface area contributed by atoms with Crippen molar-refractivity contribution in [3.8, 4) is 11.5 Å². The van der Waals surface area contributed by atoms with Crippen molar-refractivity contribution in [3.63, 3.8) is 0 Å². The first-order valence-electron chi connectivity index (χ1n) is 16.5. The van der Waals surface area contributed by atoms with Crippen LogP contribution in [0.1, 0.15) is 38.7 Å². The molecule has 2 aromatic rings. The summed E-state index contributed by atoms with van der Waals surface area (Å²) in [6.07, 6.45) is -0.878. The minimum absolute atomic E-state index is 0.0143. The monoisotopic (exact) mass is 705 g/mol. The predicted molar refractivity (Wildman–Crippen MR) is 176 cm³/mol. The molecule has 49 heavy (non-hydrogen) atoms. The van der Waals surface area contributed by atoms with Crippen LogP contribution < -0.4 is 20.1 Å². The number of alkyl carbamates (subject to hydrolysis) is 1. The van der Waals surface area contributed by atoms with Crippen LogP contribution in [0.25, 0.3) is 0 Å². The van der Waals surface area contributed by atoms with E-state index in [9.17, 15) is 23.1 Å². The number of nitrogens with zero attached hydrogens (tertiary/aromatic N) is 1. The zero-order valence-electron chi connectivity index (χ0n) is 28.2. The molecule has 2 aromatic carbocycles. The third-order valence-corrected chi connectivity index (χ3v) is 10.7. The molecule has 0 spiro atoms. The van der Waals surface area contributed by atoms with E-state index in [-0.39, 0.29) is 56.2 Å². The molecule has 3 heterocycles. The minimum Gasteiger partial charge on any atom is -0.454 e. The molecule has 3 aliphatic rings. The van der Waals surface area contributed by atoms with E-state index in [0.29, 0.717) is 43.9 Å². The number of carbonyl (C=O) groups is 2. The smallest absolute Gasteiger partial charge is 0.407 e. The Kier molecular flexibility index (Phi) is 12.4. The fourth-order valence-electron chi connectivity index (χ4n) is 6.32. The van der Waals surface area contributed by atoms with Crippen LogP contribution in [0, 0.1) is 11.3 Å². The van der Waals surface area contributed by atoms with E-state index in [2.05, 4.69) is 10.6 Å². The molecule has 270 valence electrons. The highest BCUT2D eigenvalue weighted by molar-refractivity contribution is 7.89. The number of amides is 2. The van der Waals surface area contributed by atoms with Crippen LogP contribution in [0.15, 0.2) is 53.4 Å². The van der Waals surface area contributed by atoms with Gasteiger partial charge in [0, 0.05) is 32.8 Å². The molecule has 5 atom stereocenters. The lowest BCUT2D eigenvalue weighted by Gasteiger charge is -2.35. The van der Waals surface area contributed by atoms with E-state index in [1.165, 1.54) is 23.5 Å². The molecule has 14 nitrogen and oxygen atoms in total. The Bertz CT molecular complexity index is 1520. The number of methoxy groups -OCH3 is 1. The lowest BCUT2D eigenvalue weighted by molar-refractivity contribution is -0.124. The van der Waals surface area contributed by atoms with Crippen molar-refractivity contribution in [3.05, 3.63) is 54.1 Å². The normalized spacial score (nSPS) is 21.3. The van der Waals surface area contributed by atoms with E-state index >= 15 is 0 Å². The van der Waals surface area contributed by atoms with Crippen LogP contribution in [-0.2, 0) is 40.2 Å². The maximum Gasteiger partial charge on any atom is 0.407 e. The van der Waals surface area contributed by atoms with E-state index in [1.54, 1.807) is 6.07 Å². The fraction of sp³-hybridized carbons (Fsp3) is 0.588. The molecule has 2 amide bonds. The molecule has 15 heteroatoms. The molecule has 0 bridgehead atoms. The number of ether oxygens (including phenoxy) is 6. The van der Waals surface area contributed by atoms with E-state index in [0.717, 1.165) is 5.56 Å². The molecule has 2 fully saturated rings. The van der Waals surface area contributed by atoms with Crippen LogP contribution in [0.2, 0.25) is 0 Å². The number of hydrogen-bond donors (Lipinski definition) is 3. The lowest BCUT2D eigenvalue weighted by atomic mass is 9.87. The molecule has 2 saturated heterocycles. The number of sulfonamides is 1. The number of aliphatic hydroxyl groups excluding tert-OH is 1. The molecule has 0 unspecified atom stereocenters. The van der Waals surface area contributed by atoms with Crippen molar-refractivity contribution in [1.82, 2.24) is 14.9 Å². The highest BCUT2D eigenvalue weighted by atomic mass is 32.2. The zero-order valence-corrected chi connectivity index (χ0v) is 29.0. The maximum absolute atomic E-state index is 14.3. The first-order valence-corrected chi connectivity index (χ1v) is 18.0. The van der Waals surface area contributed by atoms with Crippen LogP contribution in [0.3, 0.4) is 0 Å². The predicted octanol–water partition coefficient (Wildman–Crippen LogP) is 2.43. The molecule has 0 radical (unpaired) electrons. The number of nitrogens with one attached hydrogen (secondary N) is 2. The summed E-state index contributed by atoms with van der Waals surface area (Å²) in [4.78, 5) is 25.0. The number of benzene rings is 2. The zero-order chi connectivity index (χ0) is 35.0. The second-order valence-electron chi connectivity index (χ2n) is 13.3. The van der Waals surface area contributed by atoms with Crippen LogP contribution >= 0.6 is 0 Å². The van der Waals surface area contributed by atoms with Crippen LogP contribution in [-0.4, -0.2) is 108 Å². The summed E-state index contributed by atoms with van der Waals surface area (Å²) in [5.74, 6) is 0.448. The van der Waals surface area contributed by atoms with Gasteiger partial charge in [-0.2, -0.15) is 4.31 Å². The van der Waals surface area contributed by atoms with Gasteiger partial charge in [0.25, 0.3) is 0 Å². The molecular weight excluding hydrogens is 658 g/mol. The van der Waals surface area contributed by atoms with Gasteiger partial charge in [-0.1, -0.05) is 44.2 Å². The SMILES string of the molecule is COCC(=O)NCCCC(C)(C)CN(C[C@@H](O)[C@H](Cc1ccccc1)NC(=O)O[C@H]1CO[C@H]2OCC[C@H]21)S(=O)(=O)c1ccc2c(c1)OCO2. The fourth-order valence-corrected chi connectivity index (χ4v) is 7.99. The maximum atomic E-state index is 14.3. The summed E-state index contributed by atoms with van der Waals surface area (Å²) in [6.45, 7) is 4.65. The van der Waals surface area contributed by atoms with Crippen molar-refractivity contribution in [2.45, 2.75) is 69.0 Å². The van der Waals surface area contributed by atoms with Gasteiger partial charge in [-0.3, -0.25) is 4.79 Å². The van der Waals surface area contributed by atoms with Gasteiger partial charge in [0.15, 0.2) is 17.8 Å².